The Bertz CT molecular complexity index is 1200. The van der Waals surface area contributed by atoms with Gasteiger partial charge in [-0.15, -0.1) is 0 Å². The van der Waals surface area contributed by atoms with E-state index in [1.54, 1.807) is 11.0 Å². The van der Waals surface area contributed by atoms with Crippen molar-refractivity contribution < 1.29 is 14.5 Å². The van der Waals surface area contributed by atoms with Crippen molar-refractivity contribution >= 4 is 45.8 Å². The number of benzene rings is 3. The van der Waals surface area contributed by atoms with Crippen molar-refractivity contribution in [3.8, 4) is 0 Å². The number of carbonyl (C=O) groups excluding carboxylic acids is 2. The number of hydrogen-bond acceptors (Lipinski definition) is 6. The van der Waals surface area contributed by atoms with Crippen molar-refractivity contribution in [3.05, 3.63) is 101 Å². The summed E-state index contributed by atoms with van der Waals surface area (Å²) >= 11 is 1.22. The lowest BCUT2D eigenvalue weighted by atomic mass is 10.2. The van der Waals surface area contributed by atoms with Gasteiger partial charge in [-0.1, -0.05) is 72.4 Å². The minimum atomic E-state index is -0.682. The third kappa shape index (κ3) is 5.45. The van der Waals surface area contributed by atoms with E-state index in [4.69, 9.17) is 0 Å². The highest BCUT2D eigenvalue weighted by molar-refractivity contribution is 8.15. The molecular weight excluding hydrogens is 440 g/mol. The first-order valence-corrected chi connectivity index (χ1v) is 11.1. The fraction of sp³-hybridized carbons (Fsp3) is 0.125. The number of nitro benzene ring substituents is 1. The van der Waals surface area contributed by atoms with E-state index in [0.29, 0.717) is 17.4 Å². The van der Waals surface area contributed by atoms with Gasteiger partial charge in [0.2, 0.25) is 11.8 Å². The van der Waals surface area contributed by atoms with Gasteiger partial charge in [0.05, 0.1) is 17.2 Å². The molecule has 33 heavy (non-hydrogen) atoms. The van der Waals surface area contributed by atoms with E-state index in [1.807, 2.05) is 60.7 Å². The Hall–Kier alpha value is -3.98. The Morgan fingerprint density at radius 2 is 1.64 bits per heavy atom. The zero-order valence-corrected chi connectivity index (χ0v) is 18.3. The molecule has 0 radical (unpaired) electrons. The van der Waals surface area contributed by atoms with Crippen LogP contribution in [-0.2, 0) is 16.1 Å². The Morgan fingerprint density at radius 3 is 2.33 bits per heavy atom. The van der Waals surface area contributed by atoms with Crippen molar-refractivity contribution in [1.82, 2.24) is 4.90 Å². The average Bonchev–Trinajstić information content (AvgIpc) is 3.09. The molecule has 1 atom stereocenters. The number of rotatable bonds is 7. The molecule has 9 heteroatoms. The summed E-state index contributed by atoms with van der Waals surface area (Å²) in [5.74, 6) is -0.702. The summed E-state index contributed by atoms with van der Waals surface area (Å²) < 4.78 is 0. The summed E-state index contributed by atoms with van der Waals surface area (Å²) in [6, 6.07) is 24.7. The van der Waals surface area contributed by atoms with Gasteiger partial charge in [0.15, 0.2) is 5.17 Å². The minimum Gasteiger partial charge on any atom is -0.320 e. The summed E-state index contributed by atoms with van der Waals surface area (Å²) in [4.78, 5) is 42.7. The van der Waals surface area contributed by atoms with E-state index in [9.17, 15) is 19.7 Å². The minimum absolute atomic E-state index is 0.0993. The normalized spacial score (nSPS) is 16.7. The van der Waals surface area contributed by atoms with Crippen LogP contribution in [-0.4, -0.2) is 32.1 Å². The molecule has 1 heterocycles. The van der Waals surface area contributed by atoms with E-state index in [-0.39, 0.29) is 23.7 Å². The van der Waals surface area contributed by atoms with Gasteiger partial charge in [-0.2, -0.15) is 0 Å². The molecule has 3 aromatic rings. The molecule has 2 amide bonds. The zero-order valence-electron chi connectivity index (χ0n) is 17.5. The summed E-state index contributed by atoms with van der Waals surface area (Å²) in [6.45, 7) is 0.334. The Labute approximate surface area is 194 Å². The van der Waals surface area contributed by atoms with Gasteiger partial charge in [0.25, 0.3) is 5.69 Å². The molecule has 1 unspecified atom stereocenters. The molecule has 8 nitrogen and oxygen atoms in total. The van der Waals surface area contributed by atoms with E-state index < -0.39 is 16.1 Å². The summed E-state index contributed by atoms with van der Waals surface area (Å²) in [6.07, 6.45) is -0.130. The van der Waals surface area contributed by atoms with Gasteiger partial charge in [-0.3, -0.25) is 24.6 Å². The number of nitrogens with zero attached hydrogens (tertiary/aromatic N) is 3. The van der Waals surface area contributed by atoms with Crippen LogP contribution in [0.4, 0.5) is 17.1 Å². The smallest absolute Gasteiger partial charge is 0.292 e. The van der Waals surface area contributed by atoms with E-state index in [2.05, 4.69) is 10.3 Å². The van der Waals surface area contributed by atoms with E-state index in [0.717, 1.165) is 5.56 Å². The van der Waals surface area contributed by atoms with Crippen LogP contribution in [0.2, 0.25) is 0 Å². The highest BCUT2D eigenvalue weighted by atomic mass is 32.2. The van der Waals surface area contributed by atoms with Gasteiger partial charge in [-0.25, -0.2) is 4.99 Å². The van der Waals surface area contributed by atoms with Crippen LogP contribution in [0.25, 0.3) is 0 Å². The topological polar surface area (TPSA) is 105 Å². The number of thioether (sulfide) groups is 1. The molecule has 0 saturated carbocycles. The Morgan fingerprint density at radius 1 is 1.00 bits per heavy atom. The van der Waals surface area contributed by atoms with Gasteiger partial charge in [-0.05, 0) is 23.8 Å². The third-order valence-electron chi connectivity index (χ3n) is 4.93. The summed E-state index contributed by atoms with van der Waals surface area (Å²) in [5, 5.41) is 13.6. The predicted octanol–water partition coefficient (Wildman–Crippen LogP) is 4.76. The van der Waals surface area contributed by atoms with Crippen LogP contribution in [0.15, 0.2) is 89.9 Å². The largest absolute Gasteiger partial charge is 0.320 e. The number of amides is 2. The molecule has 1 saturated heterocycles. The second-order valence-corrected chi connectivity index (χ2v) is 8.44. The van der Waals surface area contributed by atoms with Gasteiger partial charge in [0, 0.05) is 12.5 Å². The number of amidine groups is 1. The second-order valence-electron chi connectivity index (χ2n) is 7.27. The fourth-order valence-corrected chi connectivity index (χ4v) is 4.51. The molecule has 4 rings (SSSR count). The van der Waals surface area contributed by atoms with Crippen molar-refractivity contribution in [2.24, 2.45) is 4.99 Å². The number of hydrogen-bond donors (Lipinski definition) is 1. The lowest BCUT2D eigenvalue weighted by Crippen LogP contribution is -2.33. The first-order valence-electron chi connectivity index (χ1n) is 10.2. The SMILES string of the molecule is O=C(CC1SC(=Nc2ccccc2)N(Cc2ccccc2)C1=O)Nc1ccccc1[N+](=O)[O-]. The number of para-hydroxylation sites is 3. The lowest BCUT2D eigenvalue weighted by Gasteiger charge is -2.16. The number of carbonyl (C=O) groups is 2. The standard InChI is InChI=1S/C24H20N4O4S/c29-22(26-19-13-7-8-14-20(19)28(31)32)15-21-23(30)27(16-17-9-3-1-4-10-17)24(33-21)25-18-11-5-2-6-12-18/h1-14,21H,15-16H2,(H,26,29). The third-order valence-corrected chi connectivity index (χ3v) is 6.11. The van der Waals surface area contributed by atoms with Crippen molar-refractivity contribution in [3.63, 3.8) is 0 Å². The molecular formula is C24H20N4O4S. The van der Waals surface area contributed by atoms with Gasteiger partial charge in [0.1, 0.15) is 10.9 Å². The maximum absolute atomic E-state index is 13.2. The molecule has 0 bridgehead atoms. The van der Waals surface area contributed by atoms with Crippen LogP contribution in [0.3, 0.4) is 0 Å². The quantitative estimate of drug-likeness (QED) is 0.404. The van der Waals surface area contributed by atoms with Gasteiger partial charge >= 0.3 is 0 Å². The molecule has 1 N–H and O–H groups in total. The van der Waals surface area contributed by atoms with E-state index in [1.165, 1.54) is 30.0 Å². The highest BCUT2D eigenvalue weighted by Crippen LogP contribution is 2.33. The zero-order chi connectivity index (χ0) is 23.2. The van der Waals surface area contributed by atoms with Gasteiger partial charge < -0.3 is 5.32 Å². The molecule has 0 aromatic heterocycles. The van der Waals surface area contributed by atoms with Crippen LogP contribution in [0.1, 0.15) is 12.0 Å². The van der Waals surface area contributed by atoms with E-state index >= 15 is 0 Å². The number of anilines is 1. The maximum Gasteiger partial charge on any atom is 0.292 e. The summed E-state index contributed by atoms with van der Waals surface area (Å²) in [5.41, 5.74) is 1.55. The van der Waals surface area contributed by atoms with Crippen LogP contribution in [0.5, 0.6) is 0 Å². The van der Waals surface area contributed by atoms with Crippen molar-refractivity contribution in [1.29, 1.82) is 0 Å². The summed E-state index contributed by atoms with van der Waals surface area (Å²) in [7, 11) is 0. The van der Waals surface area contributed by atoms with Crippen LogP contribution < -0.4 is 5.32 Å². The Kier molecular flexibility index (Phi) is 6.80. The maximum atomic E-state index is 13.2. The molecule has 1 fully saturated rings. The second kappa shape index (κ2) is 10.1. The predicted molar refractivity (Wildman–Crippen MR) is 128 cm³/mol. The first kappa shape index (κ1) is 22.2. The van der Waals surface area contributed by atoms with Crippen molar-refractivity contribution in [2.75, 3.05) is 5.32 Å². The monoisotopic (exact) mass is 460 g/mol. The number of nitro groups is 1. The molecule has 166 valence electrons. The van der Waals surface area contributed by atoms with Crippen LogP contribution >= 0.6 is 11.8 Å². The lowest BCUT2D eigenvalue weighted by molar-refractivity contribution is -0.383. The number of aliphatic imine (C=N–C) groups is 1. The molecule has 1 aliphatic heterocycles. The average molecular weight is 461 g/mol. The molecule has 0 spiro atoms. The molecule has 1 aliphatic rings. The highest BCUT2D eigenvalue weighted by Gasteiger charge is 2.39. The number of nitrogens with one attached hydrogen (secondary N) is 1. The first-order chi connectivity index (χ1) is 16.0. The molecule has 3 aromatic carbocycles. The fourth-order valence-electron chi connectivity index (χ4n) is 3.36. The van der Waals surface area contributed by atoms with Crippen LogP contribution in [0, 0.1) is 10.1 Å². The van der Waals surface area contributed by atoms with Crippen molar-refractivity contribution in [2.45, 2.75) is 18.2 Å². The Balaban J connectivity index is 1.54. The molecule has 0 aliphatic carbocycles.